The number of nitrogens with one attached hydrogen (secondary N) is 1. The van der Waals surface area contributed by atoms with Crippen molar-refractivity contribution in [1.29, 1.82) is 0 Å². The van der Waals surface area contributed by atoms with Gasteiger partial charge in [-0.25, -0.2) is 12.7 Å². The van der Waals surface area contributed by atoms with Gasteiger partial charge < -0.3 is 10.1 Å². The topological polar surface area (TPSA) is 75.7 Å². The predicted octanol–water partition coefficient (Wildman–Crippen LogP) is 2.53. The molecule has 25 heavy (non-hydrogen) atoms. The molecule has 0 saturated carbocycles. The first-order valence-corrected chi connectivity index (χ1v) is 9.20. The predicted molar refractivity (Wildman–Crippen MR) is 96.5 cm³/mol. The highest BCUT2D eigenvalue weighted by molar-refractivity contribution is 7.89. The molecule has 0 aliphatic heterocycles. The highest BCUT2D eigenvalue weighted by Crippen LogP contribution is 2.26. The van der Waals surface area contributed by atoms with Crippen molar-refractivity contribution in [1.82, 2.24) is 9.62 Å². The molecule has 2 aromatic rings. The van der Waals surface area contributed by atoms with Gasteiger partial charge in [0.15, 0.2) is 0 Å². The first-order valence-electron chi connectivity index (χ1n) is 7.39. The van der Waals surface area contributed by atoms with E-state index in [0.717, 1.165) is 9.87 Å². The fourth-order valence-corrected chi connectivity index (χ4v) is 3.30. The number of amides is 1. The molecule has 0 atom stereocenters. The van der Waals surface area contributed by atoms with Crippen LogP contribution in [0.1, 0.15) is 15.9 Å². The zero-order valence-electron chi connectivity index (χ0n) is 14.1. The SMILES string of the molecule is COc1ccc(C(=O)NCc2ccc(Cl)cc2)cc1S(=O)(=O)N(C)C. The summed E-state index contributed by atoms with van der Waals surface area (Å²) in [4.78, 5) is 12.3. The zero-order chi connectivity index (χ0) is 18.6. The molecule has 0 bridgehead atoms. The molecule has 134 valence electrons. The minimum atomic E-state index is -3.73. The lowest BCUT2D eigenvalue weighted by Gasteiger charge is -2.15. The Balaban J connectivity index is 2.24. The maximum absolute atomic E-state index is 12.4. The van der Waals surface area contributed by atoms with Gasteiger partial charge in [-0.2, -0.15) is 0 Å². The molecule has 2 rings (SSSR count). The molecule has 0 aromatic heterocycles. The minimum Gasteiger partial charge on any atom is -0.495 e. The maximum atomic E-state index is 12.4. The lowest BCUT2D eigenvalue weighted by Crippen LogP contribution is -2.25. The molecule has 0 unspecified atom stereocenters. The summed E-state index contributed by atoms with van der Waals surface area (Å²) in [7, 11) is 0.483. The molecule has 0 saturated heterocycles. The van der Waals surface area contributed by atoms with Crippen LogP contribution in [0.4, 0.5) is 0 Å². The summed E-state index contributed by atoms with van der Waals surface area (Å²) in [6, 6.07) is 11.4. The van der Waals surface area contributed by atoms with Gasteiger partial charge in [0, 0.05) is 31.2 Å². The minimum absolute atomic E-state index is 0.0563. The molecule has 0 aliphatic rings. The summed E-state index contributed by atoms with van der Waals surface area (Å²) in [5, 5.41) is 3.36. The number of hydrogen-bond acceptors (Lipinski definition) is 4. The normalized spacial score (nSPS) is 11.4. The van der Waals surface area contributed by atoms with Crippen LogP contribution in [0.5, 0.6) is 5.75 Å². The van der Waals surface area contributed by atoms with E-state index < -0.39 is 10.0 Å². The van der Waals surface area contributed by atoms with E-state index in [1.165, 1.54) is 39.4 Å². The standard InChI is InChI=1S/C17H19ClN2O4S/c1-20(2)25(22,23)16-10-13(6-9-15(16)24-3)17(21)19-11-12-4-7-14(18)8-5-12/h4-10H,11H2,1-3H3,(H,19,21). The van der Waals surface area contributed by atoms with E-state index in [1.54, 1.807) is 24.3 Å². The fourth-order valence-electron chi connectivity index (χ4n) is 2.10. The number of benzene rings is 2. The van der Waals surface area contributed by atoms with E-state index >= 15 is 0 Å². The number of sulfonamides is 1. The van der Waals surface area contributed by atoms with Crippen LogP contribution in [0, 0.1) is 0 Å². The van der Waals surface area contributed by atoms with Gasteiger partial charge in [-0.05, 0) is 35.9 Å². The summed E-state index contributed by atoms with van der Waals surface area (Å²) in [6.45, 7) is 0.303. The summed E-state index contributed by atoms with van der Waals surface area (Å²) in [5.41, 5.74) is 1.11. The van der Waals surface area contributed by atoms with Crippen molar-refractivity contribution in [3.05, 3.63) is 58.6 Å². The van der Waals surface area contributed by atoms with Gasteiger partial charge >= 0.3 is 0 Å². The molecule has 0 spiro atoms. The van der Waals surface area contributed by atoms with Crippen LogP contribution in [0.3, 0.4) is 0 Å². The Morgan fingerprint density at radius 3 is 2.36 bits per heavy atom. The lowest BCUT2D eigenvalue weighted by atomic mass is 10.2. The van der Waals surface area contributed by atoms with Crippen molar-refractivity contribution in [3.8, 4) is 5.75 Å². The molecule has 0 heterocycles. The second-order valence-corrected chi connectivity index (χ2v) is 8.02. The van der Waals surface area contributed by atoms with Crippen LogP contribution in [0.25, 0.3) is 0 Å². The highest BCUT2D eigenvalue weighted by Gasteiger charge is 2.23. The first-order chi connectivity index (χ1) is 11.8. The zero-order valence-corrected chi connectivity index (χ0v) is 15.7. The maximum Gasteiger partial charge on any atom is 0.251 e. The third-order valence-corrected chi connectivity index (χ3v) is 5.64. The summed E-state index contributed by atoms with van der Waals surface area (Å²) < 4.78 is 31.0. The number of carbonyl (C=O) groups excluding carboxylic acids is 1. The number of rotatable bonds is 6. The Hall–Kier alpha value is -2.09. The Morgan fingerprint density at radius 2 is 1.80 bits per heavy atom. The van der Waals surface area contributed by atoms with E-state index in [4.69, 9.17) is 16.3 Å². The third-order valence-electron chi connectivity index (χ3n) is 3.55. The van der Waals surface area contributed by atoms with Gasteiger partial charge in [0.1, 0.15) is 10.6 Å². The van der Waals surface area contributed by atoms with E-state index in [9.17, 15) is 13.2 Å². The molecular formula is C17H19ClN2O4S. The van der Waals surface area contributed by atoms with Crippen LogP contribution in [-0.2, 0) is 16.6 Å². The van der Waals surface area contributed by atoms with Crippen molar-refractivity contribution in [2.45, 2.75) is 11.4 Å². The summed E-state index contributed by atoms with van der Waals surface area (Å²) in [6.07, 6.45) is 0. The van der Waals surface area contributed by atoms with Crippen LogP contribution in [-0.4, -0.2) is 39.8 Å². The molecular weight excluding hydrogens is 364 g/mol. The molecule has 0 aliphatic carbocycles. The van der Waals surface area contributed by atoms with Gasteiger partial charge in [-0.3, -0.25) is 4.79 Å². The van der Waals surface area contributed by atoms with Gasteiger partial charge in [0.2, 0.25) is 10.0 Å². The Bertz CT molecular complexity index is 865. The second kappa shape index (κ2) is 7.86. The fraction of sp³-hybridized carbons (Fsp3) is 0.235. The van der Waals surface area contributed by atoms with Crippen molar-refractivity contribution in [3.63, 3.8) is 0 Å². The third kappa shape index (κ3) is 4.50. The monoisotopic (exact) mass is 382 g/mol. The van der Waals surface area contributed by atoms with Crippen molar-refractivity contribution >= 4 is 27.5 Å². The molecule has 0 fully saturated rings. The number of halogens is 1. The average molecular weight is 383 g/mol. The average Bonchev–Trinajstić information content (AvgIpc) is 2.60. The number of methoxy groups -OCH3 is 1. The highest BCUT2D eigenvalue weighted by atomic mass is 35.5. The van der Waals surface area contributed by atoms with E-state index in [1.807, 2.05) is 0 Å². The van der Waals surface area contributed by atoms with E-state index in [2.05, 4.69) is 5.32 Å². The molecule has 6 nitrogen and oxygen atoms in total. The van der Waals surface area contributed by atoms with Crippen molar-refractivity contribution < 1.29 is 17.9 Å². The van der Waals surface area contributed by atoms with Gasteiger partial charge in [0.05, 0.1) is 7.11 Å². The van der Waals surface area contributed by atoms with Gasteiger partial charge in [-0.15, -0.1) is 0 Å². The number of nitrogens with zero attached hydrogens (tertiary/aromatic N) is 1. The van der Waals surface area contributed by atoms with Crippen LogP contribution < -0.4 is 10.1 Å². The quantitative estimate of drug-likeness (QED) is 0.833. The van der Waals surface area contributed by atoms with Crippen molar-refractivity contribution in [2.75, 3.05) is 21.2 Å². The Labute approximate surface area is 152 Å². The van der Waals surface area contributed by atoms with Crippen LogP contribution in [0.15, 0.2) is 47.4 Å². The molecule has 2 aromatic carbocycles. The van der Waals surface area contributed by atoms with E-state index in [-0.39, 0.29) is 22.1 Å². The number of carbonyl (C=O) groups is 1. The largest absolute Gasteiger partial charge is 0.495 e. The first kappa shape index (κ1) is 19.2. The smallest absolute Gasteiger partial charge is 0.251 e. The molecule has 1 amide bonds. The number of ether oxygens (including phenoxy) is 1. The van der Waals surface area contributed by atoms with Crippen LogP contribution >= 0.6 is 11.6 Å². The van der Waals surface area contributed by atoms with Gasteiger partial charge in [0.25, 0.3) is 5.91 Å². The Kier molecular flexibility index (Phi) is 6.05. The van der Waals surface area contributed by atoms with E-state index in [0.29, 0.717) is 11.6 Å². The molecule has 8 heteroatoms. The van der Waals surface area contributed by atoms with Gasteiger partial charge in [-0.1, -0.05) is 23.7 Å². The van der Waals surface area contributed by atoms with Crippen molar-refractivity contribution in [2.24, 2.45) is 0 Å². The van der Waals surface area contributed by atoms with Crippen LogP contribution in [0.2, 0.25) is 5.02 Å². The molecule has 0 radical (unpaired) electrons. The summed E-state index contributed by atoms with van der Waals surface area (Å²) >= 11 is 5.82. The summed E-state index contributed by atoms with van der Waals surface area (Å²) in [5.74, 6) is -0.198. The Morgan fingerprint density at radius 1 is 1.16 bits per heavy atom. The lowest BCUT2D eigenvalue weighted by molar-refractivity contribution is 0.0950. The second-order valence-electron chi connectivity index (χ2n) is 5.46. The number of hydrogen-bond donors (Lipinski definition) is 1. The molecule has 1 N–H and O–H groups in total.